The molecular weight excluding hydrogens is 693 g/mol. The molecule has 2 heterocycles. The Morgan fingerprint density at radius 3 is 1.74 bits per heavy atom. The Labute approximate surface area is 328 Å². The number of furan rings is 2. The van der Waals surface area contributed by atoms with Crippen LogP contribution in [0.1, 0.15) is 16.9 Å². The number of fused-ring (bicyclic) bond motifs is 15. The number of allylic oxidation sites excluding steroid dienone is 1. The molecule has 0 saturated carbocycles. The van der Waals surface area contributed by atoms with E-state index >= 15 is 0 Å². The predicted molar refractivity (Wildman–Crippen MR) is 243 cm³/mol. The lowest BCUT2D eigenvalue weighted by molar-refractivity contribution is 0.590. The second-order valence-electron chi connectivity index (χ2n) is 15.1. The first kappa shape index (κ1) is 31.9. The molecule has 12 rings (SSSR count). The number of hydrogen-bond acceptors (Lipinski definition) is 2. The molecule has 0 bridgehead atoms. The molecule has 266 valence electrons. The highest BCUT2D eigenvalue weighted by Crippen LogP contribution is 2.43. The van der Waals surface area contributed by atoms with Gasteiger partial charge in [0.2, 0.25) is 0 Å². The molecule has 0 fully saturated rings. The van der Waals surface area contributed by atoms with E-state index in [1.54, 1.807) is 0 Å². The minimum Gasteiger partial charge on any atom is -0.452 e. The third kappa shape index (κ3) is 4.77. The first-order chi connectivity index (χ1) is 28.2. The fourth-order valence-electron chi connectivity index (χ4n) is 9.46. The van der Waals surface area contributed by atoms with Gasteiger partial charge in [0, 0.05) is 21.7 Å². The van der Waals surface area contributed by atoms with Crippen molar-refractivity contribution in [2.24, 2.45) is 0 Å². The van der Waals surface area contributed by atoms with Gasteiger partial charge in [0.25, 0.3) is 0 Å². The van der Waals surface area contributed by atoms with Gasteiger partial charge in [-0.25, -0.2) is 0 Å². The zero-order valence-electron chi connectivity index (χ0n) is 31.1. The van der Waals surface area contributed by atoms with Crippen molar-refractivity contribution in [3.63, 3.8) is 0 Å². The van der Waals surface area contributed by atoms with Crippen LogP contribution in [-0.2, 0) is 6.42 Å². The monoisotopic (exact) mass is 726 g/mol. The van der Waals surface area contributed by atoms with Crippen molar-refractivity contribution in [1.82, 2.24) is 0 Å². The standard InChI is InChI=1S/C55H34O2/c1-2-39-46-27-28-47-49-32-37(48-31-36-15-6-8-18-41(36)45-26-23-34-13-4-10-20-43(34)53(45)48)24-29-51(49)57-55(47)54(46)56-50(39)21-11-16-38-30-35-14-5-7-17-40(35)44-25-22-33-12-3-9-19-42(33)52(38)44/h2-15,17-32H,1,16H2/b21-11-. The summed E-state index contributed by atoms with van der Waals surface area (Å²) in [7, 11) is 0. The zero-order valence-corrected chi connectivity index (χ0v) is 31.1. The molecule has 0 spiro atoms. The maximum Gasteiger partial charge on any atom is 0.178 e. The SMILES string of the molecule is C=Cc1c(/C=C\Cc2cc3ccccc3c3ccc4ccccc4c23)oc2c1ccc1c3cc(-c4cc5ccccc5c5ccc6ccccc6c45)ccc3oc12. The highest BCUT2D eigenvalue weighted by Gasteiger charge is 2.19. The fourth-order valence-corrected chi connectivity index (χ4v) is 9.46. The van der Waals surface area contributed by atoms with Crippen molar-refractivity contribution in [2.45, 2.75) is 6.42 Å². The molecule has 2 heteroatoms. The van der Waals surface area contributed by atoms with Gasteiger partial charge >= 0.3 is 0 Å². The van der Waals surface area contributed by atoms with E-state index in [0.29, 0.717) is 0 Å². The van der Waals surface area contributed by atoms with Gasteiger partial charge in [-0.2, -0.15) is 0 Å². The third-order valence-corrected chi connectivity index (χ3v) is 12.1. The lowest BCUT2D eigenvalue weighted by Crippen LogP contribution is -1.89. The lowest BCUT2D eigenvalue weighted by Gasteiger charge is -2.14. The third-order valence-electron chi connectivity index (χ3n) is 12.1. The largest absolute Gasteiger partial charge is 0.452 e. The molecule has 10 aromatic carbocycles. The Hall–Kier alpha value is -7.42. The highest BCUT2D eigenvalue weighted by atomic mass is 16.4. The Bertz CT molecular complexity index is 3690. The van der Waals surface area contributed by atoms with E-state index in [2.05, 4.69) is 183 Å². The van der Waals surface area contributed by atoms with Crippen LogP contribution in [0.15, 0.2) is 185 Å². The molecule has 0 atom stereocenters. The van der Waals surface area contributed by atoms with Crippen LogP contribution in [0.2, 0.25) is 0 Å². The summed E-state index contributed by atoms with van der Waals surface area (Å²) in [6.07, 6.45) is 6.97. The zero-order chi connectivity index (χ0) is 37.6. The van der Waals surface area contributed by atoms with Gasteiger partial charge in [0.1, 0.15) is 11.3 Å². The van der Waals surface area contributed by atoms with Crippen LogP contribution >= 0.6 is 0 Å². The van der Waals surface area contributed by atoms with Crippen molar-refractivity contribution < 1.29 is 8.83 Å². The summed E-state index contributed by atoms with van der Waals surface area (Å²) >= 11 is 0. The first-order valence-corrected chi connectivity index (χ1v) is 19.6. The molecule has 0 amide bonds. The van der Waals surface area contributed by atoms with Crippen molar-refractivity contribution >= 4 is 110 Å². The Kier molecular flexibility index (Phi) is 6.88. The second-order valence-corrected chi connectivity index (χ2v) is 15.1. The molecule has 0 radical (unpaired) electrons. The van der Waals surface area contributed by atoms with Gasteiger partial charge in [-0.15, -0.1) is 0 Å². The quantitative estimate of drug-likeness (QED) is 0.165. The molecule has 2 nitrogen and oxygen atoms in total. The van der Waals surface area contributed by atoms with Gasteiger partial charge in [-0.3, -0.25) is 0 Å². The molecule has 0 N–H and O–H groups in total. The second kappa shape index (κ2) is 12.3. The average molecular weight is 727 g/mol. The molecule has 0 saturated heterocycles. The van der Waals surface area contributed by atoms with Crippen molar-refractivity contribution in [3.8, 4) is 11.1 Å². The predicted octanol–water partition coefficient (Wildman–Crippen LogP) is 15.8. The maximum absolute atomic E-state index is 6.72. The summed E-state index contributed by atoms with van der Waals surface area (Å²) in [5, 5.41) is 18.2. The van der Waals surface area contributed by atoms with Gasteiger partial charge in [-0.05, 0) is 124 Å². The van der Waals surface area contributed by atoms with Crippen molar-refractivity contribution in [3.05, 3.63) is 193 Å². The molecule has 57 heavy (non-hydrogen) atoms. The van der Waals surface area contributed by atoms with Gasteiger partial charge in [0.15, 0.2) is 11.2 Å². The van der Waals surface area contributed by atoms with Gasteiger partial charge in [-0.1, -0.05) is 152 Å². The summed E-state index contributed by atoms with van der Waals surface area (Å²) < 4.78 is 13.4. The Balaban J connectivity index is 0.989. The van der Waals surface area contributed by atoms with Crippen LogP contribution in [0.4, 0.5) is 0 Å². The Morgan fingerprint density at radius 2 is 1.02 bits per heavy atom. The van der Waals surface area contributed by atoms with Crippen LogP contribution in [0.3, 0.4) is 0 Å². The van der Waals surface area contributed by atoms with E-state index < -0.39 is 0 Å². The van der Waals surface area contributed by atoms with E-state index in [9.17, 15) is 0 Å². The molecule has 2 aromatic heterocycles. The number of hydrogen-bond donors (Lipinski definition) is 0. The Morgan fingerprint density at radius 1 is 0.439 bits per heavy atom. The van der Waals surface area contributed by atoms with Crippen LogP contribution in [0, 0.1) is 0 Å². The van der Waals surface area contributed by atoms with E-state index in [1.807, 2.05) is 6.08 Å². The normalized spacial score (nSPS) is 12.3. The molecule has 0 unspecified atom stereocenters. The fraction of sp³-hybridized carbons (Fsp3) is 0.0182. The lowest BCUT2D eigenvalue weighted by atomic mass is 9.89. The molecule has 12 aromatic rings. The van der Waals surface area contributed by atoms with Crippen LogP contribution in [0.25, 0.3) is 121 Å². The highest BCUT2D eigenvalue weighted by molar-refractivity contribution is 6.24. The van der Waals surface area contributed by atoms with E-state index in [4.69, 9.17) is 8.83 Å². The van der Waals surface area contributed by atoms with E-state index in [1.165, 1.54) is 75.8 Å². The molecule has 0 aliphatic carbocycles. The van der Waals surface area contributed by atoms with Crippen LogP contribution in [0.5, 0.6) is 0 Å². The van der Waals surface area contributed by atoms with Gasteiger partial charge in [0.05, 0.1) is 0 Å². The topological polar surface area (TPSA) is 26.3 Å². The number of benzene rings is 10. The number of rotatable bonds is 5. The first-order valence-electron chi connectivity index (χ1n) is 19.6. The van der Waals surface area contributed by atoms with Crippen molar-refractivity contribution in [1.29, 1.82) is 0 Å². The molecular formula is C55H34O2. The minimum atomic E-state index is 0.740. The molecule has 0 aliphatic rings. The van der Waals surface area contributed by atoms with Crippen molar-refractivity contribution in [2.75, 3.05) is 0 Å². The summed E-state index contributed by atoms with van der Waals surface area (Å²) in [5.41, 5.74) is 6.95. The molecule has 0 aliphatic heterocycles. The average Bonchev–Trinajstić information content (AvgIpc) is 3.83. The van der Waals surface area contributed by atoms with E-state index in [-0.39, 0.29) is 0 Å². The summed E-state index contributed by atoms with van der Waals surface area (Å²) in [4.78, 5) is 0. The summed E-state index contributed by atoms with van der Waals surface area (Å²) in [6.45, 7) is 4.20. The minimum absolute atomic E-state index is 0.740. The van der Waals surface area contributed by atoms with Crippen LogP contribution in [-0.4, -0.2) is 0 Å². The summed E-state index contributed by atoms with van der Waals surface area (Å²) in [6, 6.07) is 59.4. The summed E-state index contributed by atoms with van der Waals surface area (Å²) in [5.74, 6) is 0.776. The smallest absolute Gasteiger partial charge is 0.178 e. The maximum atomic E-state index is 6.72. The van der Waals surface area contributed by atoms with Gasteiger partial charge < -0.3 is 8.83 Å². The van der Waals surface area contributed by atoms with E-state index in [0.717, 1.165) is 56.2 Å². The van der Waals surface area contributed by atoms with Crippen LogP contribution < -0.4 is 0 Å².